The van der Waals surface area contributed by atoms with Crippen molar-refractivity contribution < 1.29 is 4.74 Å². The monoisotopic (exact) mass is 180 g/mol. The summed E-state index contributed by atoms with van der Waals surface area (Å²) in [7, 11) is 0. The summed E-state index contributed by atoms with van der Waals surface area (Å²) in [5.41, 5.74) is 2.43. The minimum absolute atomic E-state index is 0.568. The summed E-state index contributed by atoms with van der Waals surface area (Å²) in [6.45, 7) is 6.85. The average molecular weight is 180 g/mol. The first-order valence-electron chi connectivity index (χ1n) is 4.95. The van der Waals surface area contributed by atoms with E-state index >= 15 is 0 Å². The zero-order valence-corrected chi connectivity index (χ0v) is 8.29. The van der Waals surface area contributed by atoms with Crippen molar-refractivity contribution in [2.75, 3.05) is 6.61 Å². The van der Waals surface area contributed by atoms with E-state index in [1.54, 1.807) is 0 Å². The first-order chi connectivity index (χ1) is 6.31. The number of ether oxygens (including phenoxy) is 1. The van der Waals surface area contributed by atoms with Crippen molar-refractivity contribution in [1.29, 1.82) is 0 Å². The number of fused-ring (bicyclic) bond motifs is 1. The van der Waals surface area contributed by atoms with Gasteiger partial charge in [-0.05, 0) is 18.4 Å². The maximum absolute atomic E-state index is 5.36. The lowest BCUT2D eigenvalue weighted by Gasteiger charge is -2.13. The van der Waals surface area contributed by atoms with Gasteiger partial charge in [0.25, 0.3) is 0 Å². The molecule has 3 nitrogen and oxygen atoms in total. The van der Waals surface area contributed by atoms with Crippen LogP contribution in [0.1, 0.15) is 37.6 Å². The largest absolute Gasteiger partial charge is 0.373 e. The zero-order chi connectivity index (χ0) is 9.26. The van der Waals surface area contributed by atoms with E-state index in [1.165, 1.54) is 11.4 Å². The lowest BCUT2D eigenvalue weighted by Crippen LogP contribution is -2.16. The molecule has 3 heteroatoms. The third-order valence-electron chi connectivity index (χ3n) is 2.70. The van der Waals surface area contributed by atoms with Crippen LogP contribution in [0.25, 0.3) is 0 Å². The number of nitrogens with zero attached hydrogens (tertiary/aromatic N) is 2. The summed E-state index contributed by atoms with van der Waals surface area (Å²) in [5.74, 6) is 0.568. The predicted molar refractivity (Wildman–Crippen MR) is 50.6 cm³/mol. The molecule has 1 unspecified atom stereocenters. The molecule has 0 radical (unpaired) electrons. The van der Waals surface area contributed by atoms with Crippen molar-refractivity contribution >= 4 is 0 Å². The van der Waals surface area contributed by atoms with Crippen LogP contribution in [0.2, 0.25) is 0 Å². The van der Waals surface area contributed by atoms with Gasteiger partial charge in [-0.1, -0.05) is 13.8 Å². The van der Waals surface area contributed by atoms with Crippen LogP contribution >= 0.6 is 0 Å². The van der Waals surface area contributed by atoms with Crippen LogP contribution in [0, 0.1) is 0 Å². The summed E-state index contributed by atoms with van der Waals surface area (Å²) >= 11 is 0. The molecule has 2 heterocycles. The van der Waals surface area contributed by atoms with Crippen LogP contribution < -0.4 is 0 Å². The normalized spacial score (nSPS) is 18.3. The highest BCUT2D eigenvalue weighted by Crippen LogP contribution is 2.20. The molecule has 0 aliphatic carbocycles. The van der Waals surface area contributed by atoms with Crippen molar-refractivity contribution in [3.05, 3.63) is 17.5 Å². The van der Waals surface area contributed by atoms with Crippen LogP contribution in [0.15, 0.2) is 6.07 Å². The molecule has 1 atom stereocenters. The molecule has 1 aromatic rings. The van der Waals surface area contributed by atoms with Gasteiger partial charge in [0.1, 0.15) is 0 Å². The van der Waals surface area contributed by atoms with Gasteiger partial charge in [-0.3, -0.25) is 4.68 Å². The van der Waals surface area contributed by atoms with Crippen molar-refractivity contribution in [3.8, 4) is 0 Å². The summed E-state index contributed by atoms with van der Waals surface area (Å²) in [6, 6.07) is 2.17. The number of aromatic nitrogens is 2. The molecule has 0 fully saturated rings. The Morgan fingerprint density at radius 1 is 1.69 bits per heavy atom. The lowest BCUT2D eigenvalue weighted by molar-refractivity contribution is 0.0800. The van der Waals surface area contributed by atoms with Crippen LogP contribution in [0.5, 0.6) is 0 Å². The van der Waals surface area contributed by atoms with Gasteiger partial charge in [0.05, 0.1) is 31.1 Å². The van der Waals surface area contributed by atoms with Crippen LogP contribution in [-0.2, 0) is 17.9 Å². The zero-order valence-electron chi connectivity index (χ0n) is 8.29. The third kappa shape index (κ3) is 1.61. The molecule has 1 aromatic heterocycles. The van der Waals surface area contributed by atoms with Gasteiger partial charge in [-0.25, -0.2) is 0 Å². The Kier molecular flexibility index (Phi) is 2.36. The molecule has 1 aliphatic rings. The van der Waals surface area contributed by atoms with Gasteiger partial charge in [0.15, 0.2) is 0 Å². The Balaban J connectivity index is 2.25. The molecule has 2 rings (SSSR count). The molecule has 0 saturated carbocycles. The van der Waals surface area contributed by atoms with Gasteiger partial charge in [-0.2, -0.15) is 5.10 Å². The van der Waals surface area contributed by atoms with E-state index in [0.717, 1.165) is 26.2 Å². The standard InChI is InChI=1S/C10H16N2O/c1-3-8(2)10-6-9-7-13-5-4-12(9)11-10/h6,8H,3-5,7H2,1-2H3. The van der Waals surface area contributed by atoms with Crippen LogP contribution in [-0.4, -0.2) is 16.4 Å². The summed E-state index contributed by atoms with van der Waals surface area (Å²) < 4.78 is 7.44. The Bertz CT molecular complexity index is 270. The van der Waals surface area contributed by atoms with Gasteiger partial charge >= 0.3 is 0 Å². The van der Waals surface area contributed by atoms with E-state index < -0.39 is 0 Å². The Hall–Kier alpha value is -0.830. The molecule has 0 N–H and O–H groups in total. The predicted octanol–water partition coefficient (Wildman–Crippen LogP) is 1.93. The van der Waals surface area contributed by atoms with Crippen molar-refractivity contribution in [1.82, 2.24) is 9.78 Å². The maximum atomic E-state index is 5.36. The van der Waals surface area contributed by atoms with Gasteiger partial charge < -0.3 is 4.74 Å². The maximum Gasteiger partial charge on any atom is 0.0885 e. The molecule has 1 aliphatic heterocycles. The molecule has 0 spiro atoms. The van der Waals surface area contributed by atoms with E-state index in [0.29, 0.717) is 5.92 Å². The van der Waals surface area contributed by atoms with Gasteiger partial charge in [0.2, 0.25) is 0 Å². The quantitative estimate of drug-likeness (QED) is 0.695. The fourth-order valence-electron chi connectivity index (χ4n) is 1.57. The highest BCUT2D eigenvalue weighted by Gasteiger charge is 2.14. The molecule has 0 amide bonds. The average Bonchev–Trinajstić information content (AvgIpc) is 2.59. The summed E-state index contributed by atoms with van der Waals surface area (Å²) in [4.78, 5) is 0. The summed E-state index contributed by atoms with van der Waals surface area (Å²) in [5, 5.41) is 4.56. The van der Waals surface area contributed by atoms with Crippen molar-refractivity contribution in [2.24, 2.45) is 0 Å². The molecule has 0 aromatic carbocycles. The second-order valence-electron chi connectivity index (χ2n) is 3.65. The Morgan fingerprint density at radius 2 is 2.54 bits per heavy atom. The fraction of sp³-hybridized carbons (Fsp3) is 0.700. The minimum atomic E-state index is 0.568. The van der Waals surface area contributed by atoms with Gasteiger partial charge in [-0.15, -0.1) is 0 Å². The highest BCUT2D eigenvalue weighted by molar-refractivity contribution is 5.14. The smallest absolute Gasteiger partial charge is 0.0885 e. The third-order valence-corrected chi connectivity index (χ3v) is 2.70. The number of hydrogen-bond acceptors (Lipinski definition) is 2. The van der Waals surface area contributed by atoms with Crippen LogP contribution in [0.3, 0.4) is 0 Å². The highest BCUT2D eigenvalue weighted by atomic mass is 16.5. The lowest BCUT2D eigenvalue weighted by atomic mass is 10.1. The van der Waals surface area contributed by atoms with Crippen molar-refractivity contribution in [2.45, 2.75) is 39.3 Å². The topological polar surface area (TPSA) is 27.1 Å². The molecular formula is C10H16N2O. The van der Waals surface area contributed by atoms with Crippen molar-refractivity contribution in [3.63, 3.8) is 0 Å². The first kappa shape index (κ1) is 8.75. The second kappa shape index (κ2) is 3.50. The SMILES string of the molecule is CCC(C)c1cc2n(n1)CCOC2. The molecular weight excluding hydrogens is 164 g/mol. The first-order valence-corrected chi connectivity index (χ1v) is 4.95. The molecule has 72 valence electrons. The molecule has 0 saturated heterocycles. The minimum Gasteiger partial charge on any atom is -0.373 e. The number of rotatable bonds is 2. The fourth-order valence-corrected chi connectivity index (χ4v) is 1.57. The number of hydrogen-bond donors (Lipinski definition) is 0. The van der Waals surface area contributed by atoms with E-state index in [4.69, 9.17) is 4.74 Å². The molecule has 13 heavy (non-hydrogen) atoms. The van der Waals surface area contributed by atoms with E-state index in [9.17, 15) is 0 Å². The second-order valence-corrected chi connectivity index (χ2v) is 3.65. The van der Waals surface area contributed by atoms with Crippen LogP contribution in [0.4, 0.5) is 0 Å². The summed E-state index contributed by atoms with van der Waals surface area (Å²) in [6.07, 6.45) is 1.15. The Morgan fingerprint density at radius 3 is 3.23 bits per heavy atom. The molecule has 0 bridgehead atoms. The van der Waals surface area contributed by atoms with Gasteiger partial charge in [0, 0.05) is 0 Å². The Labute approximate surface area is 78.7 Å². The van der Waals surface area contributed by atoms with E-state index in [1.807, 2.05) is 0 Å². The van der Waals surface area contributed by atoms with E-state index in [2.05, 4.69) is 29.7 Å². The van der Waals surface area contributed by atoms with E-state index in [-0.39, 0.29) is 0 Å².